The molecule has 0 atom stereocenters. The summed E-state index contributed by atoms with van der Waals surface area (Å²) < 4.78 is 32.2. The Labute approximate surface area is 126 Å². The van der Waals surface area contributed by atoms with Crippen molar-refractivity contribution in [1.29, 1.82) is 0 Å². The van der Waals surface area contributed by atoms with Crippen molar-refractivity contribution in [1.82, 2.24) is 9.97 Å². The molecule has 0 N–H and O–H groups in total. The number of nitro groups is 1. The van der Waals surface area contributed by atoms with E-state index in [1.165, 1.54) is 17.8 Å². The van der Waals surface area contributed by atoms with Gasteiger partial charge < -0.3 is 4.74 Å². The summed E-state index contributed by atoms with van der Waals surface area (Å²) >= 11 is 6.91. The van der Waals surface area contributed by atoms with Crippen LogP contribution in [0.5, 0.6) is 11.6 Å². The van der Waals surface area contributed by atoms with E-state index in [0.717, 1.165) is 0 Å². The lowest BCUT2D eigenvalue weighted by molar-refractivity contribution is -0.387. The van der Waals surface area contributed by atoms with Gasteiger partial charge in [0, 0.05) is 12.1 Å². The van der Waals surface area contributed by atoms with Gasteiger partial charge in [-0.15, -0.1) is 0 Å². The molecule has 0 unspecified atom stereocenters. The van der Waals surface area contributed by atoms with Crippen LogP contribution in [0.15, 0.2) is 23.4 Å². The van der Waals surface area contributed by atoms with Gasteiger partial charge in [-0.05, 0) is 6.26 Å². The van der Waals surface area contributed by atoms with E-state index in [0.29, 0.717) is 12.1 Å². The molecule has 0 bridgehead atoms. The van der Waals surface area contributed by atoms with Crippen molar-refractivity contribution < 1.29 is 18.4 Å². The third-order valence-corrected chi connectivity index (χ3v) is 2.99. The maximum Gasteiger partial charge on any atom is 0.307 e. The molecular formula is C11H6ClF2N3O3S. The summed E-state index contributed by atoms with van der Waals surface area (Å²) in [4.78, 5) is 17.2. The number of hydrogen-bond donors (Lipinski definition) is 0. The summed E-state index contributed by atoms with van der Waals surface area (Å²) in [7, 11) is 0. The lowest BCUT2D eigenvalue weighted by Crippen LogP contribution is -1.98. The van der Waals surface area contributed by atoms with Crippen molar-refractivity contribution in [3.63, 3.8) is 0 Å². The zero-order chi connectivity index (χ0) is 15.6. The van der Waals surface area contributed by atoms with Crippen LogP contribution in [-0.4, -0.2) is 21.1 Å². The maximum absolute atomic E-state index is 13.7. The molecule has 0 aliphatic carbocycles. The molecule has 0 aliphatic heterocycles. The van der Waals surface area contributed by atoms with Gasteiger partial charge in [-0.2, -0.15) is 9.37 Å². The Morgan fingerprint density at radius 2 is 2.00 bits per heavy atom. The monoisotopic (exact) mass is 333 g/mol. The quantitative estimate of drug-likeness (QED) is 0.278. The Hall–Kier alpha value is -2.00. The van der Waals surface area contributed by atoms with Gasteiger partial charge in [-0.25, -0.2) is 9.37 Å². The second kappa shape index (κ2) is 6.19. The summed E-state index contributed by atoms with van der Waals surface area (Å²) in [5.74, 6) is -2.96. The summed E-state index contributed by atoms with van der Waals surface area (Å²) in [6.45, 7) is 0. The van der Waals surface area contributed by atoms with Gasteiger partial charge in [-0.1, -0.05) is 23.4 Å². The number of halogens is 3. The third kappa shape index (κ3) is 3.56. The molecule has 1 heterocycles. The van der Waals surface area contributed by atoms with E-state index in [1.807, 2.05) is 0 Å². The normalized spacial score (nSPS) is 10.5. The largest absolute Gasteiger partial charge is 0.436 e. The van der Waals surface area contributed by atoms with Crippen LogP contribution >= 0.6 is 23.4 Å². The average Bonchev–Trinajstić information content (AvgIpc) is 2.41. The fraction of sp³-hybridized carbons (Fsp3) is 0.0909. The van der Waals surface area contributed by atoms with Crippen molar-refractivity contribution in [2.75, 3.05) is 6.26 Å². The number of hydrogen-bond acceptors (Lipinski definition) is 6. The molecule has 0 spiro atoms. The topological polar surface area (TPSA) is 78.2 Å². The molecule has 110 valence electrons. The van der Waals surface area contributed by atoms with E-state index in [2.05, 4.69) is 9.97 Å². The van der Waals surface area contributed by atoms with Crippen LogP contribution in [0.2, 0.25) is 5.15 Å². The molecule has 0 fully saturated rings. The molecule has 21 heavy (non-hydrogen) atoms. The molecule has 1 aromatic heterocycles. The van der Waals surface area contributed by atoms with E-state index in [9.17, 15) is 18.9 Å². The number of rotatable bonds is 4. The second-order valence-corrected chi connectivity index (χ2v) is 4.77. The minimum absolute atomic E-state index is 0.0622. The Morgan fingerprint density at radius 3 is 2.62 bits per heavy atom. The Bertz CT molecular complexity index is 717. The van der Waals surface area contributed by atoms with E-state index in [-0.39, 0.29) is 16.2 Å². The molecule has 0 saturated heterocycles. The number of nitro benzene ring substituents is 1. The lowest BCUT2D eigenvalue weighted by atomic mass is 10.3. The van der Waals surface area contributed by atoms with Crippen molar-refractivity contribution in [2.45, 2.75) is 5.16 Å². The smallest absolute Gasteiger partial charge is 0.307 e. The van der Waals surface area contributed by atoms with Crippen LogP contribution in [0.4, 0.5) is 14.5 Å². The molecular weight excluding hydrogens is 328 g/mol. The van der Waals surface area contributed by atoms with Gasteiger partial charge in [0.05, 0.1) is 11.0 Å². The molecule has 0 saturated carbocycles. The van der Waals surface area contributed by atoms with E-state index < -0.39 is 28.0 Å². The van der Waals surface area contributed by atoms with Crippen LogP contribution < -0.4 is 4.74 Å². The van der Waals surface area contributed by atoms with Crippen LogP contribution in [-0.2, 0) is 0 Å². The summed E-state index contributed by atoms with van der Waals surface area (Å²) in [6.07, 6.45) is 1.70. The molecule has 10 heteroatoms. The fourth-order valence-corrected chi connectivity index (χ4v) is 1.96. The maximum atomic E-state index is 13.7. The standard InChI is InChI=1S/C11H6ClF2N3O3S/c1-21-11-15-9(12)4-10(16-11)20-8-3-5(13)7(17(18)19)2-6(8)14/h2-4H,1H3. The number of aromatic nitrogens is 2. The van der Waals surface area contributed by atoms with Crippen molar-refractivity contribution in [2.24, 2.45) is 0 Å². The van der Waals surface area contributed by atoms with E-state index in [4.69, 9.17) is 16.3 Å². The van der Waals surface area contributed by atoms with Gasteiger partial charge in [0.2, 0.25) is 11.7 Å². The summed E-state index contributed by atoms with van der Waals surface area (Å²) in [6, 6.07) is 2.21. The summed E-state index contributed by atoms with van der Waals surface area (Å²) in [5, 5.41) is 10.8. The predicted octanol–water partition coefficient (Wildman–Crippen LogP) is 3.83. The van der Waals surface area contributed by atoms with Gasteiger partial charge in [0.1, 0.15) is 5.15 Å². The first-order valence-electron chi connectivity index (χ1n) is 5.30. The number of benzene rings is 1. The number of ether oxygens (including phenoxy) is 1. The van der Waals surface area contributed by atoms with Crippen molar-refractivity contribution in [3.8, 4) is 11.6 Å². The van der Waals surface area contributed by atoms with Crippen LogP contribution in [0.25, 0.3) is 0 Å². The third-order valence-electron chi connectivity index (χ3n) is 2.25. The zero-order valence-electron chi connectivity index (χ0n) is 10.3. The highest BCUT2D eigenvalue weighted by molar-refractivity contribution is 7.98. The zero-order valence-corrected chi connectivity index (χ0v) is 11.9. The average molecular weight is 334 g/mol. The Balaban J connectivity index is 2.38. The molecule has 2 rings (SSSR count). The van der Waals surface area contributed by atoms with Crippen molar-refractivity contribution >= 4 is 29.1 Å². The first kappa shape index (κ1) is 15.4. The number of nitrogens with zero attached hydrogens (tertiary/aromatic N) is 3. The lowest BCUT2D eigenvalue weighted by Gasteiger charge is -2.07. The van der Waals surface area contributed by atoms with Crippen LogP contribution in [0.3, 0.4) is 0 Å². The summed E-state index contributed by atoms with van der Waals surface area (Å²) in [5.41, 5.74) is -0.981. The highest BCUT2D eigenvalue weighted by atomic mass is 35.5. The SMILES string of the molecule is CSc1nc(Cl)cc(Oc2cc(F)c([N+](=O)[O-])cc2F)n1. The van der Waals surface area contributed by atoms with Crippen LogP contribution in [0, 0.1) is 21.7 Å². The first-order valence-corrected chi connectivity index (χ1v) is 6.91. The fourth-order valence-electron chi connectivity index (χ4n) is 1.37. The molecule has 2 aromatic rings. The first-order chi connectivity index (χ1) is 9.90. The Kier molecular flexibility index (Phi) is 4.53. The Morgan fingerprint density at radius 1 is 1.29 bits per heavy atom. The van der Waals surface area contributed by atoms with Crippen LogP contribution in [0.1, 0.15) is 0 Å². The van der Waals surface area contributed by atoms with Gasteiger partial charge in [0.25, 0.3) is 0 Å². The predicted molar refractivity (Wildman–Crippen MR) is 71.9 cm³/mol. The van der Waals surface area contributed by atoms with Gasteiger partial charge >= 0.3 is 5.69 Å². The van der Waals surface area contributed by atoms with Gasteiger partial charge in [-0.3, -0.25) is 10.1 Å². The molecule has 0 amide bonds. The van der Waals surface area contributed by atoms with E-state index >= 15 is 0 Å². The molecule has 1 aromatic carbocycles. The minimum atomic E-state index is -1.22. The molecule has 6 nitrogen and oxygen atoms in total. The van der Waals surface area contributed by atoms with E-state index in [1.54, 1.807) is 6.26 Å². The number of thioether (sulfide) groups is 1. The van der Waals surface area contributed by atoms with Gasteiger partial charge in [0.15, 0.2) is 16.7 Å². The highest BCUT2D eigenvalue weighted by Crippen LogP contribution is 2.30. The highest BCUT2D eigenvalue weighted by Gasteiger charge is 2.20. The van der Waals surface area contributed by atoms with Crippen molar-refractivity contribution in [3.05, 3.63) is 45.1 Å². The second-order valence-electron chi connectivity index (χ2n) is 3.61. The minimum Gasteiger partial charge on any atom is -0.436 e. The molecule has 0 aliphatic rings. The molecule has 0 radical (unpaired) electrons.